The molecule has 0 aliphatic heterocycles. The summed E-state index contributed by atoms with van der Waals surface area (Å²) >= 11 is 0. The van der Waals surface area contributed by atoms with Crippen LogP contribution in [0, 0.1) is 5.41 Å². The number of carbonyl (C=O) groups is 2. The van der Waals surface area contributed by atoms with Gasteiger partial charge in [0.1, 0.15) is 6.04 Å². The molecule has 1 aromatic heterocycles. The number of ether oxygens (including phenoxy) is 1. The second-order valence-electron chi connectivity index (χ2n) is 9.46. The molecular formula is C24H32F3N5O4. The monoisotopic (exact) mass is 511 g/mol. The molecule has 36 heavy (non-hydrogen) atoms. The Morgan fingerprint density at radius 3 is 2.42 bits per heavy atom. The number of halogens is 3. The molecule has 1 aromatic carbocycles. The lowest BCUT2D eigenvalue weighted by molar-refractivity contribution is -0.220. The van der Waals surface area contributed by atoms with Gasteiger partial charge >= 0.3 is 12.3 Å². The van der Waals surface area contributed by atoms with Crippen molar-refractivity contribution < 1.29 is 32.6 Å². The molecule has 1 heterocycles. The topological polar surface area (TPSA) is 118 Å². The molecule has 2 atom stereocenters. The second-order valence-corrected chi connectivity index (χ2v) is 9.46. The summed E-state index contributed by atoms with van der Waals surface area (Å²) < 4.78 is 46.7. The maximum Gasteiger partial charge on any atom is 0.407 e. The molecule has 0 radical (unpaired) electrons. The van der Waals surface area contributed by atoms with Crippen LogP contribution in [0.5, 0.6) is 0 Å². The first kappa shape index (κ1) is 27.5. The molecule has 0 spiro atoms. The average molecular weight is 512 g/mol. The van der Waals surface area contributed by atoms with E-state index in [9.17, 15) is 27.9 Å². The number of alkyl carbamates (subject to hydrolysis) is 1. The van der Waals surface area contributed by atoms with Crippen molar-refractivity contribution >= 4 is 12.0 Å². The molecule has 0 saturated heterocycles. The third kappa shape index (κ3) is 6.97. The summed E-state index contributed by atoms with van der Waals surface area (Å²) in [6.45, 7) is 1.84. The van der Waals surface area contributed by atoms with Crippen LogP contribution in [0.1, 0.15) is 38.3 Å². The number of methoxy groups -OCH3 is 1. The van der Waals surface area contributed by atoms with Gasteiger partial charge in [-0.05, 0) is 37.8 Å². The highest BCUT2D eigenvalue weighted by atomic mass is 19.4. The van der Waals surface area contributed by atoms with Gasteiger partial charge in [0.15, 0.2) is 0 Å². The number of nitrogens with zero attached hydrogens (tertiary/aromatic N) is 2. The number of nitrogens with one attached hydrogen (secondary N) is 3. The van der Waals surface area contributed by atoms with Crippen LogP contribution in [0.4, 0.5) is 18.0 Å². The fraction of sp³-hybridized carbons (Fsp3) is 0.542. The van der Waals surface area contributed by atoms with Crippen LogP contribution >= 0.6 is 0 Å². The van der Waals surface area contributed by atoms with E-state index >= 15 is 0 Å². The predicted octanol–water partition coefficient (Wildman–Crippen LogP) is 2.76. The summed E-state index contributed by atoms with van der Waals surface area (Å²) in [5, 5.41) is 21.8. The maximum atomic E-state index is 13.4. The Labute approximate surface area is 207 Å². The van der Waals surface area contributed by atoms with Gasteiger partial charge in [0.2, 0.25) is 5.91 Å². The molecule has 1 aliphatic rings. The quantitative estimate of drug-likeness (QED) is 0.369. The van der Waals surface area contributed by atoms with Gasteiger partial charge in [-0.1, -0.05) is 24.3 Å². The summed E-state index contributed by atoms with van der Waals surface area (Å²) in [4.78, 5) is 24.0. The predicted molar refractivity (Wildman–Crippen MR) is 126 cm³/mol. The number of hydrogen-bond acceptors (Lipinski definition) is 6. The van der Waals surface area contributed by atoms with Gasteiger partial charge in [-0.2, -0.15) is 18.3 Å². The minimum absolute atomic E-state index is 0.0912. The normalized spacial score (nSPS) is 15.8. The highest BCUT2D eigenvalue weighted by Crippen LogP contribution is 2.40. The van der Waals surface area contributed by atoms with Crippen molar-refractivity contribution in [3.05, 3.63) is 42.2 Å². The van der Waals surface area contributed by atoms with Crippen molar-refractivity contribution in [3.63, 3.8) is 0 Å². The van der Waals surface area contributed by atoms with E-state index in [0.29, 0.717) is 12.6 Å². The maximum absolute atomic E-state index is 13.4. The van der Waals surface area contributed by atoms with Crippen molar-refractivity contribution in [2.24, 2.45) is 5.41 Å². The van der Waals surface area contributed by atoms with Crippen LogP contribution in [0.25, 0.3) is 11.1 Å². The van der Waals surface area contributed by atoms with Crippen LogP contribution in [0.2, 0.25) is 0 Å². The zero-order chi connectivity index (χ0) is 26.5. The van der Waals surface area contributed by atoms with Crippen molar-refractivity contribution in [1.29, 1.82) is 0 Å². The van der Waals surface area contributed by atoms with Crippen LogP contribution in [-0.4, -0.2) is 65.4 Å². The molecule has 198 valence electrons. The van der Waals surface area contributed by atoms with E-state index in [1.54, 1.807) is 0 Å². The minimum atomic E-state index is -4.77. The largest absolute Gasteiger partial charge is 0.453 e. The number of hydrogen-bond donors (Lipinski definition) is 4. The molecule has 1 aliphatic carbocycles. The number of alkyl halides is 3. The average Bonchev–Trinajstić information content (AvgIpc) is 3.57. The molecule has 3 rings (SSSR count). The van der Waals surface area contributed by atoms with E-state index in [1.165, 1.54) is 0 Å². The van der Waals surface area contributed by atoms with Crippen molar-refractivity contribution in [2.45, 2.75) is 57.6 Å². The molecule has 1 unspecified atom stereocenters. The zero-order valence-electron chi connectivity index (χ0n) is 20.4. The highest BCUT2D eigenvalue weighted by Gasteiger charge is 2.55. The number of aliphatic hydroxyl groups excluding tert-OH is 1. The first-order chi connectivity index (χ1) is 16.9. The van der Waals surface area contributed by atoms with E-state index < -0.39 is 35.7 Å². The van der Waals surface area contributed by atoms with Crippen molar-refractivity contribution in [1.82, 2.24) is 25.7 Å². The zero-order valence-corrected chi connectivity index (χ0v) is 20.4. The number of aromatic nitrogens is 2. The Morgan fingerprint density at radius 1 is 1.17 bits per heavy atom. The Balaban J connectivity index is 1.45. The summed E-state index contributed by atoms with van der Waals surface area (Å²) in [5.74, 6) is -1.08. The molecule has 9 nitrogen and oxygen atoms in total. The van der Waals surface area contributed by atoms with E-state index in [1.807, 2.05) is 46.7 Å². The Hall–Kier alpha value is -3.12. The van der Waals surface area contributed by atoms with Gasteiger partial charge in [-0.15, -0.1) is 0 Å². The third-order valence-corrected chi connectivity index (χ3v) is 6.19. The van der Waals surface area contributed by atoms with E-state index in [0.717, 1.165) is 50.5 Å². The minimum Gasteiger partial charge on any atom is -0.453 e. The van der Waals surface area contributed by atoms with Gasteiger partial charge in [-0.25, -0.2) is 4.79 Å². The number of rotatable bonds is 11. The molecule has 2 aromatic rings. The van der Waals surface area contributed by atoms with Gasteiger partial charge in [-0.3, -0.25) is 9.48 Å². The van der Waals surface area contributed by atoms with Crippen molar-refractivity contribution in [3.8, 4) is 11.1 Å². The number of benzene rings is 1. The molecule has 0 bridgehead atoms. The van der Waals surface area contributed by atoms with E-state index in [2.05, 4.69) is 20.5 Å². The first-order valence-electron chi connectivity index (χ1n) is 11.6. The fourth-order valence-electron chi connectivity index (χ4n) is 3.53. The van der Waals surface area contributed by atoms with Crippen LogP contribution in [0.3, 0.4) is 0 Å². The van der Waals surface area contributed by atoms with Gasteiger partial charge < -0.3 is 25.8 Å². The van der Waals surface area contributed by atoms with Crippen molar-refractivity contribution in [2.75, 3.05) is 20.2 Å². The Kier molecular flexibility index (Phi) is 8.62. The summed E-state index contributed by atoms with van der Waals surface area (Å²) in [7, 11) is 0.983. The molecule has 2 amide bonds. The summed E-state index contributed by atoms with van der Waals surface area (Å²) in [5.41, 5.74) is 0.488. The number of aliphatic hydroxyl groups is 1. The van der Waals surface area contributed by atoms with Gasteiger partial charge in [0.25, 0.3) is 0 Å². The lowest BCUT2D eigenvalue weighted by Crippen LogP contribution is -2.60. The third-order valence-electron chi connectivity index (χ3n) is 6.19. The number of amides is 2. The summed E-state index contributed by atoms with van der Waals surface area (Å²) in [6.07, 6.45) is -0.792. The first-order valence-corrected chi connectivity index (χ1v) is 11.6. The van der Waals surface area contributed by atoms with Gasteiger partial charge in [0.05, 0.1) is 30.9 Å². The standard InChI is InChI=1S/C24H32F3N5O4/c1-23(2,24(25,26)27)20(31-22(35)36-3)21(34)29-13-19(33)12-28-10-15-4-6-16(7-5-15)17-11-30-32(14-17)18-8-9-18/h4-7,11,14,18-20,28,33H,8-10,12-13H2,1-3H3,(H,29,34)(H,31,35)/t19-,20?/m0/s1. The van der Waals surface area contributed by atoms with Crippen LogP contribution in [-0.2, 0) is 16.1 Å². The fourth-order valence-corrected chi connectivity index (χ4v) is 3.53. The lowest BCUT2D eigenvalue weighted by atomic mass is 9.83. The van der Waals surface area contributed by atoms with Crippen LogP contribution < -0.4 is 16.0 Å². The van der Waals surface area contributed by atoms with E-state index in [-0.39, 0.29) is 13.1 Å². The SMILES string of the molecule is COC(=O)NC(C(=O)NC[C@@H](O)CNCc1ccc(-c2cnn(C3CC3)c2)cc1)C(C)(C)C(F)(F)F. The Morgan fingerprint density at radius 2 is 1.83 bits per heavy atom. The Bertz CT molecular complexity index is 1040. The second kappa shape index (κ2) is 11.3. The van der Waals surface area contributed by atoms with E-state index in [4.69, 9.17) is 0 Å². The van der Waals surface area contributed by atoms with Gasteiger partial charge in [0, 0.05) is 31.4 Å². The molecule has 1 saturated carbocycles. The smallest absolute Gasteiger partial charge is 0.407 e. The molecular weight excluding hydrogens is 479 g/mol. The van der Waals surface area contributed by atoms with Crippen LogP contribution in [0.15, 0.2) is 36.7 Å². The molecule has 4 N–H and O–H groups in total. The number of carbonyl (C=O) groups excluding carboxylic acids is 2. The molecule has 1 fully saturated rings. The highest BCUT2D eigenvalue weighted by molar-refractivity contribution is 5.86. The lowest BCUT2D eigenvalue weighted by Gasteiger charge is -2.35. The summed E-state index contributed by atoms with van der Waals surface area (Å²) in [6, 6.07) is 6.45. The molecule has 12 heteroatoms.